The van der Waals surface area contributed by atoms with Crippen molar-refractivity contribution in [3.05, 3.63) is 88.9 Å². The molecule has 8 nitrogen and oxygen atoms in total. The molecule has 0 spiro atoms. The van der Waals surface area contributed by atoms with Crippen molar-refractivity contribution in [2.75, 3.05) is 19.8 Å². The van der Waals surface area contributed by atoms with Crippen LogP contribution >= 0.6 is 23.8 Å². The summed E-state index contributed by atoms with van der Waals surface area (Å²) in [6.07, 6.45) is 0. The summed E-state index contributed by atoms with van der Waals surface area (Å²) in [5.74, 6) is 0.958. The second-order valence-electron chi connectivity index (χ2n) is 7.19. The molecule has 0 aromatic heterocycles. The Kier molecular flexibility index (Phi) is 9.70. The summed E-state index contributed by atoms with van der Waals surface area (Å²) in [5.41, 5.74) is 6.02. The van der Waals surface area contributed by atoms with Gasteiger partial charge in [0.25, 0.3) is 11.8 Å². The lowest BCUT2D eigenvalue weighted by Gasteiger charge is -2.12. The van der Waals surface area contributed by atoms with E-state index >= 15 is 0 Å². The molecule has 3 aromatic carbocycles. The minimum Gasteiger partial charge on any atom is -0.490 e. The van der Waals surface area contributed by atoms with Crippen LogP contribution in [0.3, 0.4) is 0 Å². The molecule has 35 heavy (non-hydrogen) atoms. The Balaban J connectivity index is 1.34. The number of ether oxygens (including phenoxy) is 3. The molecule has 0 unspecified atom stereocenters. The molecule has 0 aliphatic heterocycles. The van der Waals surface area contributed by atoms with Crippen LogP contribution in [0.25, 0.3) is 0 Å². The summed E-state index contributed by atoms with van der Waals surface area (Å²) < 4.78 is 16.6. The zero-order valence-corrected chi connectivity index (χ0v) is 20.4. The van der Waals surface area contributed by atoms with E-state index in [1.807, 2.05) is 37.3 Å². The molecular weight excluding hydrogens is 490 g/mol. The summed E-state index contributed by atoms with van der Waals surface area (Å²) >= 11 is 11.0. The first-order valence-electron chi connectivity index (χ1n) is 10.6. The topological polar surface area (TPSA) is 97.9 Å². The molecule has 0 saturated carbocycles. The molecule has 3 N–H and O–H groups in total. The van der Waals surface area contributed by atoms with Crippen LogP contribution in [-0.2, 0) is 4.79 Å². The van der Waals surface area contributed by atoms with Gasteiger partial charge in [-0.25, -0.2) is 0 Å². The maximum Gasteiger partial charge on any atom is 0.276 e. The number of hydrogen-bond donors (Lipinski definition) is 3. The third kappa shape index (κ3) is 8.80. The van der Waals surface area contributed by atoms with Crippen LogP contribution in [0.15, 0.2) is 72.8 Å². The lowest BCUT2D eigenvalue weighted by Crippen LogP contribution is -2.49. The van der Waals surface area contributed by atoms with E-state index in [-0.39, 0.29) is 11.7 Å². The van der Waals surface area contributed by atoms with Crippen LogP contribution in [0.1, 0.15) is 15.9 Å². The van der Waals surface area contributed by atoms with Gasteiger partial charge in [0, 0.05) is 10.6 Å². The number of hydrazine groups is 1. The minimum absolute atomic E-state index is 0.0657. The van der Waals surface area contributed by atoms with Crippen LogP contribution in [0.2, 0.25) is 5.02 Å². The van der Waals surface area contributed by atoms with Crippen molar-refractivity contribution < 1.29 is 23.8 Å². The number of aryl methyl sites for hydroxylation is 1. The van der Waals surface area contributed by atoms with Gasteiger partial charge in [-0.3, -0.25) is 25.8 Å². The first kappa shape index (κ1) is 25.8. The summed E-state index contributed by atoms with van der Waals surface area (Å²) in [4.78, 5) is 24.3. The van der Waals surface area contributed by atoms with Crippen molar-refractivity contribution in [2.24, 2.45) is 0 Å². The third-order valence-corrected chi connectivity index (χ3v) is 5.15. The van der Waals surface area contributed by atoms with Gasteiger partial charge in [-0.05, 0) is 79.3 Å². The first-order valence-corrected chi connectivity index (χ1v) is 11.4. The number of benzene rings is 3. The van der Waals surface area contributed by atoms with E-state index in [0.29, 0.717) is 35.3 Å². The Morgan fingerprint density at radius 2 is 1.46 bits per heavy atom. The first-order chi connectivity index (χ1) is 16.9. The average molecular weight is 514 g/mol. The lowest BCUT2D eigenvalue weighted by molar-refractivity contribution is -0.123. The summed E-state index contributed by atoms with van der Waals surface area (Å²) in [7, 11) is 0. The van der Waals surface area contributed by atoms with Crippen molar-refractivity contribution in [2.45, 2.75) is 6.92 Å². The molecule has 0 saturated heterocycles. The molecule has 3 rings (SSSR count). The second-order valence-corrected chi connectivity index (χ2v) is 8.01. The fourth-order valence-corrected chi connectivity index (χ4v) is 3.02. The molecule has 10 heteroatoms. The monoisotopic (exact) mass is 513 g/mol. The number of halogens is 1. The highest BCUT2D eigenvalue weighted by atomic mass is 35.5. The van der Waals surface area contributed by atoms with E-state index in [1.54, 1.807) is 42.5 Å². The number of para-hydroxylation sites is 1. The molecular formula is C25H24ClN3O5S. The smallest absolute Gasteiger partial charge is 0.276 e. The standard InChI is InChI=1S/C25H24ClN3O5S/c1-17-15-21(11-12-22(17)26)34-16-23(30)28-29-25(35)27-24(31)18-7-9-20(10-8-18)33-14-13-32-19-5-3-2-4-6-19/h2-12,15H,13-14,16H2,1H3,(H,28,30)(H2,27,29,31,35). The SMILES string of the molecule is Cc1cc(OCC(=O)NNC(=S)NC(=O)c2ccc(OCCOc3ccccc3)cc2)ccc1Cl. The van der Waals surface area contributed by atoms with Gasteiger partial charge < -0.3 is 14.2 Å². The zero-order valence-electron chi connectivity index (χ0n) is 18.9. The highest BCUT2D eigenvalue weighted by Crippen LogP contribution is 2.20. The normalized spacial score (nSPS) is 10.1. The number of carbonyl (C=O) groups excluding carboxylic acids is 2. The molecule has 0 atom stereocenters. The van der Waals surface area contributed by atoms with Crippen molar-refractivity contribution in [1.82, 2.24) is 16.2 Å². The predicted molar refractivity (Wildman–Crippen MR) is 137 cm³/mol. The van der Waals surface area contributed by atoms with E-state index in [4.69, 9.17) is 38.0 Å². The van der Waals surface area contributed by atoms with Crippen molar-refractivity contribution >= 4 is 40.7 Å². The largest absolute Gasteiger partial charge is 0.490 e. The van der Waals surface area contributed by atoms with E-state index in [2.05, 4.69) is 16.2 Å². The van der Waals surface area contributed by atoms with E-state index in [1.165, 1.54) is 0 Å². The zero-order chi connectivity index (χ0) is 25.0. The molecule has 0 heterocycles. The van der Waals surface area contributed by atoms with Crippen LogP contribution in [-0.4, -0.2) is 36.7 Å². The Morgan fingerprint density at radius 3 is 2.11 bits per heavy atom. The third-order valence-electron chi connectivity index (χ3n) is 4.52. The molecule has 0 fully saturated rings. The van der Waals surface area contributed by atoms with Crippen LogP contribution in [0.5, 0.6) is 17.2 Å². The van der Waals surface area contributed by atoms with E-state index in [9.17, 15) is 9.59 Å². The van der Waals surface area contributed by atoms with Crippen LogP contribution in [0, 0.1) is 6.92 Å². The lowest BCUT2D eigenvalue weighted by atomic mass is 10.2. The Morgan fingerprint density at radius 1 is 0.829 bits per heavy atom. The Bertz CT molecular complexity index is 1160. The quantitative estimate of drug-likeness (QED) is 0.227. The summed E-state index contributed by atoms with van der Waals surface area (Å²) in [6.45, 7) is 2.33. The molecule has 182 valence electrons. The van der Waals surface area contributed by atoms with Crippen molar-refractivity contribution in [3.8, 4) is 17.2 Å². The number of rotatable bonds is 9. The maximum absolute atomic E-state index is 12.4. The Hall–Kier alpha value is -3.82. The average Bonchev–Trinajstić information content (AvgIpc) is 2.87. The number of nitrogens with one attached hydrogen (secondary N) is 3. The number of carbonyl (C=O) groups is 2. The fraction of sp³-hybridized carbons (Fsp3) is 0.160. The molecule has 0 bridgehead atoms. The summed E-state index contributed by atoms with van der Waals surface area (Å²) in [6, 6.07) is 21.1. The van der Waals surface area contributed by atoms with Gasteiger partial charge in [-0.2, -0.15) is 0 Å². The molecule has 0 aliphatic rings. The summed E-state index contributed by atoms with van der Waals surface area (Å²) in [5, 5.41) is 3.02. The predicted octanol–water partition coefficient (Wildman–Crippen LogP) is 3.82. The maximum atomic E-state index is 12.4. The number of hydrogen-bond acceptors (Lipinski definition) is 6. The molecule has 3 aromatic rings. The fourth-order valence-electron chi connectivity index (χ4n) is 2.76. The highest BCUT2D eigenvalue weighted by Gasteiger charge is 2.10. The van der Waals surface area contributed by atoms with Gasteiger partial charge in [-0.15, -0.1) is 0 Å². The van der Waals surface area contributed by atoms with Gasteiger partial charge in [0.2, 0.25) is 0 Å². The number of thiocarbonyl (C=S) groups is 1. The van der Waals surface area contributed by atoms with Crippen LogP contribution in [0.4, 0.5) is 0 Å². The van der Waals surface area contributed by atoms with Gasteiger partial charge in [0.05, 0.1) is 0 Å². The van der Waals surface area contributed by atoms with E-state index in [0.717, 1.165) is 11.3 Å². The van der Waals surface area contributed by atoms with Gasteiger partial charge in [0.15, 0.2) is 11.7 Å². The van der Waals surface area contributed by atoms with Gasteiger partial charge >= 0.3 is 0 Å². The minimum atomic E-state index is -0.480. The molecule has 2 amide bonds. The van der Waals surface area contributed by atoms with E-state index < -0.39 is 11.8 Å². The number of amides is 2. The Labute approximate surface area is 213 Å². The highest BCUT2D eigenvalue weighted by molar-refractivity contribution is 7.80. The van der Waals surface area contributed by atoms with Crippen molar-refractivity contribution in [1.29, 1.82) is 0 Å². The van der Waals surface area contributed by atoms with Gasteiger partial charge in [-0.1, -0.05) is 29.8 Å². The van der Waals surface area contributed by atoms with Gasteiger partial charge in [0.1, 0.15) is 30.5 Å². The molecule has 0 radical (unpaired) electrons. The van der Waals surface area contributed by atoms with Crippen molar-refractivity contribution in [3.63, 3.8) is 0 Å². The van der Waals surface area contributed by atoms with Crippen LogP contribution < -0.4 is 30.4 Å². The molecule has 0 aliphatic carbocycles. The second kappa shape index (κ2) is 13.2.